The molecular weight excluding hydrogens is 334 g/mol. The van der Waals surface area contributed by atoms with Crippen molar-refractivity contribution in [3.63, 3.8) is 0 Å². The van der Waals surface area contributed by atoms with Gasteiger partial charge in [-0.3, -0.25) is 0 Å². The van der Waals surface area contributed by atoms with Gasteiger partial charge in [-0.05, 0) is 80.7 Å². The van der Waals surface area contributed by atoms with Crippen molar-refractivity contribution in [2.75, 3.05) is 31.1 Å². The first-order valence-corrected chi connectivity index (χ1v) is 10.5. The fraction of sp³-hybridized carbons (Fsp3) is 0.696. The van der Waals surface area contributed by atoms with Crippen molar-refractivity contribution >= 4 is 5.69 Å². The first-order valence-electron chi connectivity index (χ1n) is 10.5. The molecule has 2 fully saturated rings. The highest BCUT2D eigenvalue weighted by Crippen LogP contribution is 2.48. The predicted molar refractivity (Wildman–Crippen MR) is 111 cm³/mol. The van der Waals surface area contributed by atoms with Gasteiger partial charge in [0.05, 0.1) is 12.7 Å². The molecule has 1 aliphatic carbocycles. The number of nitrogens with one attached hydrogen (secondary N) is 1. The second-order valence-electron chi connectivity index (χ2n) is 9.28. The topological polar surface area (TPSA) is 48.3 Å². The smallest absolute Gasteiger partial charge is 0.119 e. The Labute approximate surface area is 164 Å². The van der Waals surface area contributed by atoms with Crippen LogP contribution in [0.3, 0.4) is 0 Å². The molecular formula is C23H35N3O. The van der Waals surface area contributed by atoms with Crippen molar-refractivity contribution in [3.05, 3.63) is 24.3 Å². The maximum atomic E-state index is 9.01. The number of anilines is 1. The van der Waals surface area contributed by atoms with Crippen LogP contribution in [0.5, 0.6) is 5.75 Å². The first-order chi connectivity index (χ1) is 12.9. The minimum atomic E-state index is 0.271. The van der Waals surface area contributed by atoms with Gasteiger partial charge in [-0.1, -0.05) is 13.8 Å². The van der Waals surface area contributed by atoms with Crippen molar-refractivity contribution in [2.24, 2.45) is 16.7 Å². The molecule has 1 heterocycles. The van der Waals surface area contributed by atoms with Gasteiger partial charge in [0.1, 0.15) is 5.75 Å². The van der Waals surface area contributed by atoms with Crippen LogP contribution >= 0.6 is 0 Å². The van der Waals surface area contributed by atoms with Gasteiger partial charge in [-0.25, -0.2) is 0 Å². The number of hydrogen-bond acceptors (Lipinski definition) is 4. The Bertz CT molecular complexity index is 657. The minimum absolute atomic E-state index is 0.271. The van der Waals surface area contributed by atoms with E-state index in [-0.39, 0.29) is 10.8 Å². The van der Waals surface area contributed by atoms with E-state index in [1.54, 1.807) is 0 Å². The summed E-state index contributed by atoms with van der Waals surface area (Å²) in [5.74, 6) is 1.57. The number of rotatable bonds is 8. The van der Waals surface area contributed by atoms with Gasteiger partial charge in [0, 0.05) is 31.2 Å². The Balaban J connectivity index is 1.62. The highest BCUT2D eigenvalue weighted by molar-refractivity contribution is 5.51. The fourth-order valence-corrected chi connectivity index (χ4v) is 4.51. The van der Waals surface area contributed by atoms with E-state index < -0.39 is 0 Å². The van der Waals surface area contributed by atoms with E-state index in [0.29, 0.717) is 25.0 Å². The molecule has 4 heteroatoms. The summed E-state index contributed by atoms with van der Waals surface area (Å²) in [7, 11) is 0. The van der Waals surface area contributed by atoms with Crippen molar-refractivity contribution in [2.45, 2.75) is 59.4 Å². The Morgan fingerprint density at radius 2 is 1.96 bits per heavy atom. The average Bonchev–Trinajstić information content (AvgIpc) is 3.39. The summed E-state index contributed by atoms with van der Waals surface area (Å²) in [6, 6.07) is 11.4. The molecule has 0 radical (unpaired) electrons. The van der Waals surface area contributed by atoms with Crippen LogP contribution in [0.4, 0.5) is 5.69 Å². The standard InChI is InChI=1S/C23H35N3O/c1-5-27-21-8-6-20(7-9-21)26-16-19(14-22(3,4)18(26)2)15-25-17-23(10-11-23)12-13-24/h6-9,18-19,25H,5,10-12,14-17H2,1-4H3. The van der Waals surface area contributed by atoms with Crippen LogP contribution in [0, 0.1) is 28.1 Å². The van der Waals surface area contributed by atoms with E-state index >= 15 is 0 Å². The van der Waals surface area contributed by atoms with Crippen LogP contribution in [-0.4, -0.2) is 32.3 Å². The predicted octanol–water partition coefficient (Wildman–Crippen LogP) is 4.61. The summed E-state index contributed by atoms with van der Waals surface area (Å²) >= 11 is 0. The van der Waals surface area contributed by atoms with E-state index in [1.165, 1.54) is 24.9 Å². The Morgan fingerprint density at radius 1 is 1.26 bits per heavy atom. The summed E-state index contributed by atoms with van der Waals surface area (Å²) in [6.45, 7) is 13.0. The molecule has 2 aliphatic rings. The van der Waals surface area contributed by atoms with E-state index in [0.717, 1.165) is 25.4 Å². The molecule has 0 bridgehead atoms. The number of piperidine rings is 1. The molecule has 1 aromatic carbocycles. The molecule has 3 rings (SSSR count). The van der Waals surface area contributed by atoms with E-state index in [9.17, 15) is 0 Å². The van der Waals surface area contributed by atoms with Crippen molar-refractivity contribution in [1.82, 2.24) is 5.32 Å². The van der Waals surface area contributed by atoms with Gasteiger partial charge in [0.25, 0.3) is 0 Å². The minimum Gasteiger partial charge on any atom is -0.494 e. The van der Waals surface area contributed by atoms with Crippen LogP contribution in [-0.2, 0) is 0 Å². The molecule has 0 aromatic heterocycles. The molecule has 148 valence electrons. The normalized spacial score (nSPS) is 25.7. The molecule has 2 unspecified atom stereocenters. The molecule has 1 saturated heterocycles. The monoisotopic (exact) mass is 369 g/mol. The maximum absolute atomic E-state index is 9.01. The fourth-order valence-electron chi connectivity index (χ4n) is 4.51. The quantitative estimate of drug-likeness (QED) is 0.727. The second kappa shape index (κ2) is 8.10. The number of ether oxygens (including phenoxy) is 1. The number of hydrogen-bond donors (Lipinski definition) is 1. The van der Waals surface area contributed by atoms with Gasteiger partial charge in [0.15, 0.2) is 0 Å². The summed E-state index contributed by atoms with van der Waals surface area (Å²) in [5, 5.41) is 12.7. The van der Waals surface area contributed by atoms with Gasteiger partial charge >= 0.3 is 0 Å². The Hall–Kier alpha value is -1.73. The zero-order valence-electron chi connectivity index (χ0n) is 17.4. The number of nitriles is 1. The SMILES string of the molecule is CCOc1ccc(N2CC(CNCC3(CC#N)CC3)CC(C)(C)C2C)cc1. The Morgan fingerprint density at radius 3 is 2.56 bits per heavy atom. The maximum Gasteiger partial charge on any atom is 0.119 e. The van der Waals surface area contributed by atoms with Crippen LogP contribution in [0.2, 0.25) is 0 Å². The lowest BCUT2D eigenvalue weighted by Gasteiger charge is -2.49. The summed E-state index contributed by atoms with van der Waals surface area (Å²) < 4.78 is 5.60. The molecule has 1 N–H and O–H groups in total. The molecule has 4 nitrogen and oxygen atoms in total. The summed E-state index contributed by atoms with van der Waals surface area (Å²) in [4.78, 5) is 2.56. The van der Waals surface area contributed by atoms with E-state index in [2.05, 4.69) is 61.3 Å². The lowest BCUT2D eigenvalue weighted by atomic mass is 9.72. The third-order valence-corrected chi connectivity index (χ3v) is 6.69. The van der Waals surface area contributed by atoms with Crippen molar-refractivity contribution in [1.29, 1.82) is 5.26 Å². The molecule has 1 saturated carbocycles. The largest absolute Gasteiger partial charge is 0.494 e. The summed E-state index contributed by atoms with van der Waals surface area (Å²) in [6.07, 6.45) is 4.35. The average molecular weight is 370 g/mol. The van der Waals surface area contributed by atoms with Gasteiger partial charge in [-0.15, -0.1) is 0 Å². The van der Waals surface area contributed by atoms with Crippen molar-refractivity contribution < 1.29 is 4.74 Å². The molecule has 2 atom stereocenters. The van der Waals surface area contributed by atoms with Crippen LogP contribution in [0.25, 0.3) is 0 Å². The highest BCUT2D eigenvalue weighted by Gasteiger charge is 2.43. The van der Waals surface area contributed by atoms with Crippen LogP contribution in [0.1, 0.15) is 53.4 Å². The highest BCUT2D eigenvalue weighted by atomic mass is 16.5. The van der Waals surface area contributed by atoms with Gasteiger partial charge < -0.3 is 15.0 Å². The third kappa shape index (κ3) is 4.76. The molecule has 0 amide bonds. The summed E-state index contributed by atoms with van der Waals surface area (Å²) in [5.41, 5.74) is 1.83. The zero-order chi connectivity index (χ0) is 19.5. The molecule has 0 spiro atoms. The number of benzene rings is 1. The third-order valence-electron chi connectivity index (χ3n) is 6.69. The van der Waals surface area contributed by atoms with Crippen LogP contribution < -0.4 is 15.0 Å². The second-order valence-corrected chi connectivity index (χ2v) is 9.28. The van der Waals surface area contributed by atoms with Gasteiger partial charge in [0.2, 0.25) is 0 Å². The lowest BCUT2D eigenvalue weighted by Crippen LogP contribution is -2.53. The molecule has 1 aliphatic heterocycles. The van der Waals surface area contributed by atoms with Gasteiger partial charge in [-0.2, -0.15) is 5.26 Å². The Kier molecular flexibility index (Phi) is 6.01. The zero-order valence-corrected chi connectivity index (χ0v) is 17.4. The lowest BCUT2D eigenvalue weighted by molar-refractivity contribution is 0.169. The van der Waals surface area contributed by atoms with Crippen LogP contribution in [0.15, 0.2) is 24.3 Å². The van der Waals surface area contributed by atoms with E-state index in [1.807, 2.05) is 6.92 Å². The molecule has 1 aromatic rings. The van der Waals surface area contributed by atoms with E-state index in [4.69, 9.17) is 10.00 Å². The first kappa shape index (κ1) is 20.0. The number of nitrogens with zero attached hydrogens (tertiary/aromatic N) is 2. The molecule has 27 heavy (non-hydrogen) atoms. The van der Waals surface area contributed by atoms with Crippen molar-refractivity contribution in [3.8, 4) is 11.8 Å².